The maximum Gasteiger partial charge on any atom is 0.325 e. The van der Waals surface area contributed by atoms with E-state index < -0.39 is 5.91 Å². The molecule has 2 heterocycles. The van der Waals surface area contributed by atoms with E-state index in [0.29, 0.717) is 11.5 Å². The fourth-order valence-corrected chi connectivity index (χ4v) is 6.42. The molecule has 1 aliphatic heterocycles. The lowest BCUT2D eigenvalue weighted by Crippen LogP contribution is -2.60. The summed E-state index contributed by atoms with van der Waals surface area (Å²) in [5.41, 5.74) is 5.81. The first-order valence-electron chi connectivity index (χ1n) is 12.5. The number of amides is 4. The third kappa shape index (κ3) is 4.44. The van der Waals surface area contributed by atoms with Crippen molar-refractivity contribution >= 4 is 17.8 Å². The van der Waals surface area contributed by atoms with Crippen LogP contribution in [0.1, 0.15) is 87.4 Å². The van der Waals surface area contributed by atoms with Crippen molar-refractivity contribution in [2.45, 2.75) is 95.2 Å². The number of ether oxygens (including phenoxy) is 1. The van der Waals surface area contributed by atoms with Gasteiger partial charge in [0, 0.05) is 12.2 Å². The molecule has 0 bridgehead atoms. The molecule has 3 N–H and O–H groups in total. The molecule has 3 saturated carbocycles. The summed E-state index contributed by atoms with van der Waals surface area (Å²) in [4.78, 5) is 42.8. The maximum atomic E-state index is 13.0. The van der Waals surface area contributed by atoms with Gasteiger partial charge < -0.3 is 15.8 Å². The SMILES string of the molecule is NC(=O)c1cccnc1OC1CC2(C1)CC(N1C(=O)NC(CCC3CCCCCC3)C1=O)C2. The monoisotopic (exact) mass is 454 g/mol. The molecule has 1 saturated heterocycles. The number of primary amides is 1. The minimum absolute atomic E-state index is 0.0163. The lowest BCUT2D eigenvalue weighted by Gasteiger charge is -2.58. The normalized spacial score (nSPS) is 32.1. The highest BCUT2D eigenvalue weighted by atomic mass is 16.5. The number of aromatic nitrogens is 1. The summed E-state index contributed by atoms with van der Waals surface area (Å²) in [6, 6.07) is 2.68. The van der Waals surface area contributed by atoms with Gasteiger partial charge in [-0.25, -0.2) is 9.78 Å². The molecule has 4 aliphatic rings. The Balaban J connectivity index is 1.09. The molecule has 4 amide bonds. The molecule has 178 valence electrons. The van der Waals surface area contributed by atoms with Crippen molar-refractivity contribution in [3.8, 4) is 5.88 Å². The zero-order valence-corrected chi connectivity index (χ0v) is 19.1. The summed E-state index contributed by atoms with van der Waals surface area (Å²) >= 11 is 0. The van der Waals surface area contributed by atoms with Crippen molar-refractivity contribution in [3.05, 3.63) is 23.9 Å². The van der Waals surface area contributed by atoms with Crippen LogP contribution in [-0.2, 0) is 4.79 Å². The molecule has 5 rings (SSSR count). The minimum Gasteiger partial charge on any atom is -0.474 e. The van der Waals surface area contributed by atoms with Crippen LogP contribution >= 0.6 is 0 Å². The second kappa shape index (κ2) is 8.95. The first kappa shape index (κ1) is 22.2. The Labute approximate surface area is 194 Å². The smallest absolute Gasteiger partial charge is 0.325 e. The summed E-state index contributed by atoms with van der Waals surface area (Å²) in [6.07, 6.45) is 14.4. The van der Waals surface area contributed by atoms with Crippen LogP contribution in [0.3, 0.4) is 0 Å². The molecule has 0 radical (unpaired) electrons. The van der Waals surface area contributed by atoms with Crippen molar-refractivity contribution in [1.29, 1.82) is 0 Å². The summed E-state index contributed by atoms with van der Waals surface area (Å²) in [6.45, 7) is 0. The zero-order valence-electron chi connectivity index (χ0n) is 19.1. The van der Waals surface area contributed by atoms with E-state index in [1.165, 1.54) is 43.4 Å². The number of imide groups is 1. The number of hydrogen-bond acceptors (Lipinski definition) is 5. The van der Waals surface area contributed by atoms with E-state index >= 15 is 0 Å². The Kier molecular flexibility index (Phi) is 6.01. The standard InChI is InChI=1S/C25H34N4O4/c26-21(30)19-8-5-11-27-22(19)33-18-14-25(15-18)12-17(13-25)29-23(31)20(28-24(29)32)10-9-16-6-3-1-2-4-7-16/h5,8,11,16-18,20H,1-4,6-7,9-10,12-15H2,(H2,26,30)(H,28,32). The first-order chi connectivity index (χ1) is 15.9. The number of nitrogens with zero attached hydrogens (tertiary/aromatic N) is 2. The minimum atomic E-state index is -0.553. The van der Waals surface area contributed by atoms with Crippen molar-refractivity contribution in [1.82, 2.24) is 15.2 Å². The van der Waals surface area contributed by atoms with Gasteiger partial charge in [-0.1, -0.05) is 38.5 Å². The van der Waals surface area contributed by atoms with Crippen LogP contribution in [0.5, 0.6) is 5.88 Å². The average molecular weight is 455 g/mol. The lowest BCUT2D eigenvalue weighted by molar-refractivity contribution is -0.141. The predicted octanol–water partition coefficient (Wildman–Crippen LogP) is 3.54. The number of nitrogens with two attached hydrogens (primary N) is 1. The van der Waals surface area contributed by atoms with Crippen LogP contribution in [0.4, 0.5) is 4.79 Å². The Morgan fingerprint density at radius 3 is 2.55 bits per heavy atom. The Hall–Kier alpha value is -2.64. The maximum absolute atomic E-state index is 13.0. The van der Waals surface area contributed by atoms with Gasteiger partial charge in [0.05, 0.1) is 0 Å². The van der Waals surface area contributed by atoms with Crippen LogP contribution in [-0.4, -0.2) is 45.9 Å². The molecule has 1 aromatic heterocycles. The Bertz CT molecular complexity index is 913. The van der Waals surface area contributed by atoms with E-state index in [-0.39, 0.29) is 41.4 Å². The molecule has 4 fully saturated rings. The summed E-state index contributed by atoms with van der Waals surface area (Å²) < 4.78 is 5.92. The van der Waals surface area contributed by atoms with Crippen LogP contribution in [0.25, 0.3) is 0 Å². The molecule has 8 nitrogen and oxygen atoms in total. The van der Waals surface area contributed by atoms with E-state index in [1.807, 2.05) is 0 Å². The van der Waals surface area contributed by atoms with Crippen LogP contribution in [0.2, 0.25) is 0 Å². The molecule has 8 heteroatoms. The number of rotatable bonds is 7. The number of carbonyl (C=O) groups is 3. The highest BCUT2D eigenvalue weighted by Crippen LogP contribution is 2.58. The van der Waals surface area contributed by atoms with E-state index in [0.717, 1.165) is 38.5 Å². The van der Waals surface area contributed by atoms with Crippen LogP contribution in [0, 0.1) is 11.3 Å². The summed E-state index contributed by atoms with van der Waals surface area (Å²) in [7, 11) is 0. The Morgan fingerprint density at radius 2 is 1.85 bits per heavy atom. The highest BCUT2D eigenvalue weighted by molar-refractivity contribution is 6.04. The topological polar surface area (TPSA) is 115 Å². The van der Waals surface area contributed by atoms with Gasteiger partial charge in [0.15, 0.2) is 0 Å². The lowest BCUT2D eigenvalue weighted by atomic mass is 9.52. The molecule has 33 heavy (non-hydrogen) atoms. The van der Waals surface area contributed by atoms with Crippen molar-refractivity contribution in [2.24, 2.45) is 17.1 Å². The zero-order chi connectivity index (χ0) is 23.0. The fourth-order valence-electron chi connectivity index (χ4n) is 6.42. The van der Waals surface area contributed by atoms with Gasteiger partial charge in [0.1, 0.15) is 17.7 Å². The van der Waals surface area contributed by atoms with Gasteiger partial charge >= 0.3 is 6.03 Å². The molecule has 1 aromatic rings. The van der Waals surface area contributed by atoms with E-state index in [9.17, 15) is 14.4 Å². The number of hydrogen-bond donors (Lipinski definition) is 2. The quantitative estimate of drug-likeness (QED) is 0.483. The average Bonchev–Trinajstić information content (AvgIpc) is 2.91. The van der Waals surface area contributed by atoms with Gasteiger partial charge in [-0.3, -0.25) is 14.5 Å². The molecule has 1 atom stereocenters. The Morgan fingerprint density at radius 1 is 1.12 bits per heavy atom. The molecule has 1 unspecified atom stereocenters. The van der Waals surface area contributed by atoms with Crippen LogP contribution in [0.15, 0.2) is 18.3 Å². The van der Waals surface area contributed by atoms with Crippen molar-refractivity contribution in [3.63, 3.8) is 0 Å². The molecule has 0 aromatic carbocycles. The van der Waals surface area contributed by atoms with Gasteiger partial charge in [-0.2, -0.15) is 0 Å². The van der Waals surface area contributed by atoms with Gasteiger partial charge in [-0.15, -0.1) is 0 Å². The molecular weight excluding hydrogens is 420 g/mol. The second-order valence-electron chi connectivity index (χ2n) is 10.6. The van der Waals surface area contributed by atoms with Crippen LogP contribution < -0.4 is 15.8 Å². The third-order valence-corrected chi connectivity index (χ3v) is 8.23. The molecular formula is C25H34N4O4. The highest BCUT2D eigenvalue weighted by Gasteiger charge is 2.58. The van der Waals surface area contributed by atoms with E-state index in [1.54, 1.807) is 18.3 Å². The number of carbonyl (C=O) groups excluding carboxylic acids is 3. The molecule has 3 aliphatic carbocycles. The summed E-state index contributed by atoms with van der Waals surface area (Å²) in [5.74, 6) is 0.383. The van der Waals surface area contributed by atoms with Gasteiger partial charge in [0.2, 0.25) is 5.88 Å². The number of pyridine rings is 1. The van der Waals surface area contributed by atoms with E-state index in [4.69, 9.17) is 10.5 Å². The first-order valence-corrected chi connectivity index (χ1v) is 12.5. The number of urea groups is 1. The number of nitrogens with one attached hydrogen (secondary N) is 1. The second-order valence-corrected chi connectivity index (χ2v) is 10.6. The van der Waals surface area contributed by atoms with Gasteiger partial charge in [0.25, 0.3) is 11.8 Å². The third-order valence-electron chi connectivity index (χ3n) is 8.23. The largest absolute Gasteiger partial charge is 0.474 e. The van der Waals surface area contributed by atoms with Crippen molar-refractivity contribution < 1.29 is 19.1 Å². The predicted molar refractivity (Wildman–Crippen MR) is 121 cm³/mol. The van der Waals surface area contributed by atoms with Gasteiger partial charge in [-0.05, 0) is 62.0 Å². The molecule has 1 spiro atoms. The van der Waals surface area contributed by atoms with E-state index in [2.05, 4.69) is 10.3 Å². The van der Waals surface area contributed by atoms with Crippen molar-refractivity contribution in [2.75, 3.05) is 0 Å². The summed E-state index contributed by atoms with van der Waals surface area (Å²) in [5, 5.41) is 2.94. The fraction of sp³-hybridized carbons (Fsp3) is 0.680.